The topological polar surface area (TPSA) is 46.2 Å². The van der Waals surface area contributed by atoms with Crippen molar-refractivity contribution >= 4 is 27.3 Å². The maximum atomic E-state index is 13.5. The van der Waals surface area contributed by atoms with Gasteiger partial charge >= 0.3 is 0 Å². The third kappa shape index (κ3) is 3.08. The molecule has 3 nitrogen and oxygen atoms in total. The molecule has 0 amide bonds. The summed E-state index contributed by atoms with van der Waals surface area (Å²) in [6, 6.07) is 8.74. The van der Waals surface area contributed by atoms with Gasteiger partial charge in [-0.05, 0) is 23.8 Å². The van der Waals surface area contributed by atoms with Gasteiger partial charge in [0.15, 0.2) is 0 Å². The average molecular weight is 318 g/mol. The molecule has 0 saturated carbocycles. The summed E-state index contributed by atoms with van der Waals surface area (Å²) in [6.45, 7) is 0. The zero-order valence-electron chi connectivity index (χ0n) is 10.1. The van der Waals surface area contributed by atoms with Gasteiger partial charge in [0, 0.05) is 11.9 Å². The lowest BCUT2D eigenvalue weighted by Crippen LogP contribution is -2.15. The molecule has 0 aromatic heterocycles. The van der Waals surface area contributed by atoms with E-state index in [1.807, 2.05) is 0 Å². The van der Waals surface area contributed by atoms with Crippen molar-refractivity contribution in [3.05, 3.63) is 59.7 Å². The van der Waals surface area contributed by atoms with Crippen molar-refractivity contribution < 1.29 is 17.2 Å². The summed E-state index contributed by atoms with van der Waals surface area (Å²) in [5.74, 6) is -1.90. The molecule has 20 heavy (non-hydrogen) atoms. The molecular formula is C13H10ClF2NO2S. The van der Waals surface area contributed by atoms with E-state index in [4.69, 9.17) is 11.6 Å². The van der Waals surface area contributed by atoms with Crippen molar-refractivity contribution in [1.29, 1.82) is 0 Å². The zero-order chi connectivity index (χ0) is 14.8. The highest BCUT2D eigenvalue weighted by Gasteiger charge is 2.20. The van der Waals surface area contributed by atoms with Crippen LogP contribution in [0, 0.1) is 11.6 Å². The zero-order valence-corrected chi connectivity index (χ0v) is 11.7. The number of hydrogen-bond acceptors (Lipinski definition) is 2. The number of anilines is 1. The van der Waals surface area contributed by atoms with Gasteiger partial charge in [0.2, 0.25) is 0 Å². The second kappa shape index (κ2) is 5.76. The van der Waals surface area contributed by atoms with E-state index in [2.05, 4.69) is 4.72 Å². The molecule has 106 valence electrons. The van der Waals surface area contributed by atoms with Gasteiger partial charge in [-0.25, -0.2) is 17.2 Å². The van der Waals surface area contributed by atoms with Crippen molar-refractivity contribution in [2.24, 2.45) is 0 Å². The highest BCUT2D eigenvalue weighted by atomic mass is 35.5. The van der Waals surface area contributed by atoms with Gasteiger partial charge in [-0.15, -0.1) is 11.6 Å². The molecule has 0 radical (unpaired) electrons. The van der Waals surface area contributed by atoms with Gasteiger partial charge in [-0.1, -0.05) is 18.2 Å². The second-order valence-corrected chi connectivity index (χ2v) is 5.89. The first-order chi connectivity index (χ1) is 9.44. The lowest BCUT2D eigenvalue weighted by molar-refractivity contribution is 0.551. The normalized spacial score (nSPS) is 11.3. The summed E-state index contributed by atoms with van der Waals surface area (Å²) in [5, 5.41) is 0. The number of nitrogens with one attached hydrogen (secondary N) is 1. The number of benzene rings is 2. The van der Waals surface area contributed by atoms with E-state index in [0.29, 0.717) is 11.6 Å². The minimum Gasteiger partial charge on any atom is -0.279 e. The van der Waals surface area contributed by atoms with Crippen LogP contribution in [0.5, 0.6) is 0 Å². The first kappa shape index (κ1) is 14.7. The molecule has 0 atom stereocenters. The third-order valence-electron chi connectivity index (χ3n) is 2.59. The lowest BCUT2D eigenvalue weighted by atomic mass is 10.2. The predicted molar refractivity (Wildman–Crippen MR) is 73.2 cm³/mol. The SMILES string of the molecule is O=S(=O)(Nc1ccccc1CCl)c1ccc(F)cc1F. The Morgan fingerprint density at radius 2 is 1.80 bits per heavy atom. The van der Waals surface area contributed by atoms with Crippen LogP contribution in [0.15, 0.2) is 47.4 Å². The van der Waals surface area contributed by atoms with Gasteiger partial charge < -0.3 is 0 Å². The number of sulfonamides is 1. The smallest absolute Gasteiger partial charge is 0.264 e. The fourth-order valence-electron chi connectivity index (χ4n) is 1.63. The van der Waals surface area contributed by atoms with Crippen molar-refractivity contribution in [3.63, 3.8) is 0 Å². The van der Waals surface area contributed by atoms with Crippen LogP contribution < -0.4 is 4.72 Å². The summed E-state index contributed by atoms with van der Waals surface area (Å²) in [4.78, 5) is -0.622. The maximum Gasteiger partial charge on any atom is 0.264 e. The Morgan fingerprint density at radius 1 is 1.10 bits per heavy atom. The van der Waals surface area contributed by atoms with E-state index in [1.165, 1.54) is 6.07 Å². The molecule has 0 heterocycles. The van der Waals surface area contributed by atoms with Crippen LogP contribution in [-0.2, 0) is 15.9 Å². The first-order valence-electron chi connectivity index (χ1n) is 5.56. The van der Waals surface area contributed by atoms with Crippen LogP contribution in [-0.4, -0.2) is 8.42 Å². The molecule has 0 saturated heterocycles. The standard InChI is InChI=1S/C13H10ClF2NO2S/c14-8-9-3-1-2-4-12(9)17-20(18,19)13-6-5-10(15)7-11(13)16/h1-7,17H,8H2. The summed E-state index contributed by atoms with van der Waals surface area (Å²) in [5.41, 5.74) is 0.812. The van der Waals surface area contributed by atoms with Crippen LogP contribution in [0.25, 0.3) is 0 Å². The van der Waals surface area contributed by atoms with Gasteiger partial charge in [-0.2, -0.15) is 0 Å². The van der Waals surface area contributed by atoms with Gasteiger partial charge in [0.05, 0.1) is 5.69 Å². The highest BCUT2D eigenvalue weighted by Crippen LogP contribution is 2.23. The highest BCUT2D eigenvalue weighted by molar-refractivity contribution is 7.92. The molecule has 0 spiro atoms. The Balaban J connectivity index is 2.41. The Morgan fingerprint density at radius 3 is 2.45 bits per heavy atom. The van der Waals surface area contributed by atoms with Gasteiger partial charge in [0.1, 0.15) is 16.5 Å². The van der Waals surface area contributed by atoms with Crippen LogP contribution in [0.2, 0.25) is 0 Å². The maximum absolute atomic E-state index is 13.5. The molecule has 2 rings (SSSR count). The molecule has 2 aromatic rings. The summed E-state index contributed by atoms with van der Waals surface area (Å²) in [6.07, 6.45) is 0. The van der Waals surface area contributed by atoms with Crippen molar-refractivity contribution in [2.45, 2.75) is 10.8 Å². The van der Waals surface area contributed by atoms with E-state index in [1.54, 1.807) is 18.2 Å². The van der Waals surface area contributed by atoms with Crippen LogP contribution in [0.3, 0.4) is 0 Å². The molecule has 0 aliphatic rings. The lowest BCUT2D eigenvalue weighted by Gasteiger charge is -2.11. The van der Waals surface area contributed by atoms with Crippen LogP contribution in [0.1, 0.15) is 5.56 Å². The molecule has 2 aromatic carbocycles. The molecule has 0 aliphatic carbocycles. The quantitative estimate of drug-likeness (QED) is 0.877. The first-order valence-corrected chi connectivity index (χ1v) is 7.57. The number of rotatable bonds is 4. The molecule has 1 N–H and O–H groups in total. The van der Waals surface area contributed by atoms with Crippen molar-refractivity contribution in [3.8, 4) is 0 Å². The Kier molecular flexibility index (Phi) is 4.25. The monoisotopic (exact) mass is 317 g/mol. The average Bonchev–Trinajstić information content (AvgIpc) is 2.38. The van der Waals surface area contributed by atoms with E-state index in [0.717, 1.165) is 12.1 Å². The second-order valence-electron chi connectivity index (χ2n) is 3.97. The number of hydrogen-bond donors (Lipinski definition) is 1. The van der Waals surface area contributed by atoms with Gasteiger partial charge in [-0.3, -0.25) is 4.72 Å². The Bertz CT molecular complexity index is 735. The number of para-hydroxylation sites is 1. The fraction of sp³-hybridized carbons (Fsp3) is 0.0769. The van der Waals surface area contributed by atoms with E-state index < -0.39 is 26.6 Å². The fourth-order valence-corrected chi connectivity index (χ4v) is 3.02. The molecule has 0 bridgehead atoms. The Hall–Kier alpha value is -1.66. The summed E-state index contributed by atoms with van der Waals surface area (Å²) >= 11 is 5.70. The largest absolute Gasteiger partial charge is 0.279 e. The minimum absolute atomic E-state index is 0.102. The van der Waals surface area contributed by atoms with Crippen LogP contribution >= 0.6 is 11.6 Å². The molecule has 0 fully saturated rings. The van der Waals surface area contributed by atoms with Gasteiger partial charge in [0.25, 0.3) is 10.0 Å². The van der Waals surface area contributed by atoms with Crippen molar-refractivity contribution in [2.75, 3.05) is 4.72 Å². The van der Waals surface area contributed by atoms with Crippen LogP contribution in [0.4, 0.5) is 14.5 Å². The predicted octanol–water partition coefficient (Wildman–Crippen LogP) is 3.50. The summed E-state index contributed by atoms with van der Waals surface area (Å²) < 4.78 is 52.8. The molecule has 7 heteroatoms. The third-order valence-corrected chi connectivity index (χ3v) is 4.28. The number of alkyl halides is 1. The summed E-state index contributed by atoms with van der Waals surface area (Å²) in [7, 11) is -4.14. The molecule has 0 unspecified atom stereocenters. The van der Waals surface area contributed by atoms with Crippen molar-refractivity contribution in [1.82, 2.24) is 0 Å². The van der Waals surface area contributed by atoms with E-state index in [-0.39, 0.29) is 11.6 Å². The minimum atomic E-state index is -4.14. The van der Waals surface area contributed by atoms with E-state index >= 15 is 0 Å². The Labute approximate surface area is 120 Å². The molecule has 0 aliphatic heterocycles. The van der Waals surface area contributed by atoms with E-state index in [9.17, 15) is 17.2 Å². The number of halogens is 3. The molecular weight excluding hydrogens is 308 g/mol.